The largest absolute Gasteiger partial charge is 0.382 e. The summed E-state index contributed by atoms with van der Waals surface area (Å²) in [6.07, 6.45) is 0. The predicted molar refractivity (Wildman–Crippen MR) is 123 cm³/mol. The van der Waals surface area contributed by atoms with Crippen LogP contribution in [-0.4, -0.2) is 16.2 Å². The molecule has 0 aliphatic carbocycles. The summed E-state index contributed by atoms with van der Waals surface area (Å²) in [5.41, 5.74) is 10.5. The second kappa shape index (κ2) is 7.25. The maximum absolute atomic E-state index is 12.5. The minimum Gasteiger partial charge on any atom is -0.382 e. The fraction of sp³-hybridized carbons (Fsp3) is 0. The minimum atomic E-state index is -0.291. The highest BCUT2D eigenvalue weighted by Crippen LogP contribution is 2.38. The fourth-order valence-corrected chi connectivity index (χ4v) is 3.77. The SMILES string of the molecule is Nc1n[nH]c2cccc(-c3ccc(NC(=O)Nc4ccccc4)c4ccccc34)c12. The van der Waals surface area contributed by atoms with E-state index in [1.807, 2.05) is 84.9 Å². The molecule has 2 amide bonds. The zero-order chi connectivity index (χ0) is 20.5. The monoisotopic (exact) mass is 393 g/mol. The summed E-state index contributed by atoms with van der Waals surface area (Å²) < 4.78 is 0. The number of carbonyl (C=O) groups is 1. The van der Waals surface area contributed by atoms with Crippen molar-refractivity contribution in [3.63, 3.8) is 0 Å². The molecule has 0 bridgehead atoms. The summed E-state index contributed by atoms with van der Waals surface area (Å²) in [4.78, 5) is 12.5. The number of hydrogen-bond acceptors (Lipinski definition) is 3. The van der Waals surface area contributed by atoms with Crippen LogP contribution in [0.15, 0.2) is 84.9 Å². The molecule has 4 aromatic carbocycles. The second-order valence-electron chi connectivity index (χ2n) is 6.99. The van der Waals surface area contributed by atoms with Gasteiger partial charge in [-0.2, -0.15) is 5.10 Å². The van der Waals surface area contributed by atoms with Crippen molar-refractivity contribution in [3.8, 4) is 11.1 Å². The van der Waals surface area contributed by atoms with Gasteiger partial charge >= 0.3 is 6.03 Å². The zero-order valence-corrected chi connectivity index (χ0v) is 16.0. The van der Waals surface area contributed by atoms with Crippen LogP contribution < -0.4 is 16.4 Å². The smallest absolute Gasteiger partial charge is 0.323 e. The van der Waals surface area contributed by atoms with Crippen molar-refractivity contribution in [1.82, 2.24) is 10.2 Å². The minimum absolute atomic E-state index is 0.291. The van der Waals surface area contributed by atoms with E-state index in [4.69, 9.17) is 5.73 Å². The topological polar surface area (TPSA) is 95.8 Å². The van der Waals surface area contributed by atoms with Crippen molar-refractivity contribution in [3.05, 3.63) is 84.9 Å². The van der Waals surface area contributed by atoms with E-state index in [0.717, 1.165) is 44.2 Å². The molecule has 0 spiro atoms. The number of H-pyrrole nitrogens is 1. The van der Waals surface area contributed by atoms with Gasteiger partial charge in [0.05, 0.1) is 16.6 Å². The van der Waals surface area contributed by atoms with Crippen LogP contribution in [0, 0.1) is 0 Å². The van der Waals surface area contributed by atoms with Crippen LogP contribution in [0.5, 0.6) is 0 Å². The number of rotatable bonds is 3. The number of para-hydroxylation sites is 1. The van der Waals surface area contributed by atoms with E-state index in [9.17, 15) is 4.79 Å². The van der Waals surface area contributed by atoms with Gasteiger partial charge in [-0.05, 0) is 40.8 Å². The summed E-state index contributed by atoms with van der Waals surface area (Å²) >= 11 is 0. The molecule has 0 aliphatic rings. The fourth-order valence-electron chi connectivity index (χ4n) is 3.77. The number of urea groups is 1. The van der Waals surface area contributed by atoms with Crippen molar-refractivity contribution in [2.45, 2.75) is 0 Å². The number of aromatic nitrogens is 2. The molecule has 5 aromatic rings. The third-order valence-corrected chi connectivity index (χ3v) is 5.11. The summed E-state index contributed by atoms with van der Waals surface area (Å²) in [6, 6.07) is 26.9. The molecule has 6 heteroatoms. The molecule has 1 aromatic heterocycles. The molecular formula is C24H19N5O. The molecule has 146 valence electrons. The molecule has 1 heterocycles. The van der Waals surface area contributed by atoms with E-state index in [1.54, 1.807) is 0 Å². The molecular weight excluding hydrogens is 374 g/mol. The molecule has 0 saturated heterocycles. The Kier molecular flexibility index (Phi) is 4.29. The Morgan fingerprint density at radius 2 is 1.53 bits per heavy atom. The van der Waals surface area contributed by atoms with E-state index in [2.05, 4.69) is 20.8 Å². The van der Waals surface area contributed by atoms with Gasteiger partial charge in [-0.15, -0.1) is 0 Å². The number of aromatic amines is 1. The predicted octanol–water partition coefficient (Wildman–Crippen LogP) is 5.61. The van der Waals surface area contributed by atoms with Crippen LogP contribution in [0.2, 0.25) is 0 Å². The number of anilines is 3. The maximum Gasteiger partial charge on any atom is 0.323 e. The van der Waals surface area contributed by atoms with Gasteiger partial charge in [0.25, 0.3) is 0 Å². The summed E-state index contributed by atoms with van der Waals surface area (Å²) in [7, 11) is 0. The number of nitrogens with one attached hydrogen (secondary N) is 3. The Hall–Kier alpha value is -4.32. The van der Waals surface area contributed by atoms with Gasteiger partial charge in [0.2, 0.25) is 0 Å². The van der Waals surface area contributed by atoms with Crippen LogP contribution in [0.25, 0.3) is 32.8 Å². The van der Waals surface area contributed by atoms with E-state index in [1.165, 1.54) is 0 Å². The van der Waals surface area contributed by atoms with E-state index in [-0.39, 0.29) is 6.03 Å². The number of nitrogen functional groups attached to an aromatic ring is 1. The molecule has 0 aliphatic heterocycles. The summed E-state index contributed by atoms with van der Waals surface area (Å²) in [6.45, 7) is 0. The molecule has 5 rings (SSSR count). The van der Waals surface area contributed by atoms with Gasteiger partial charge in [0.15, 0.2) is 5.82 Å². The second-order valence-corrected chi connectivity index (χ2v) is 6.99. The highest BCUT2D eigenvalue weighted by atomic mass is 16.2. The maximum atomic E-state index is 12.5. The number of benzene rings is 4. The Bertz CT molecular complexity index is 1370. The normalized spacial score (nSPS) is 10.9. The van der Waals surface area contributed by atoms with Crippen LogP contribution >= 0.6 is 0 Å². The molecule has 0 saturated carbocycles. The quantitative estimate of drug-likeness (QED) is 0.321. The zero-order valence-electron chi connectivity index (χ0n) is 16.0. The molecule has 5 N–H and O–H groups in total. The van der Waals surface area contributed by atoms with Crippen LogP contribution in [-0.2, 0) is 0 Å². The lowest BCUT2D eigenvalue weighted by Crippen LogP contribution is -2.19. The Morgan fingerprint density at radius 3 is 2.37 bits per heavy atom. The lowest BCUT2D eigenvalue weighted by molar-refractivity contribution is 0.262. The van der Waals surface area contributed by atoms with E-state index < -0.39 is 0 Å². The van der Waals surface area contributed by atoms with Crippen molar-refractivity contribution in [2.24, 2.45) is 0 Å². The summed E-state index contributed by atoms with van der Waals surface area (Å²) in [5.74, 6) is 0.467. The average Bonchev–Trinajstić information content (AvgIpc) is 3.16. The van der Waals surface area contributed by atoms with Gasteiger partial charge in [0, 0.05) is 11.1 Å². The molecule has 0 unspecified atom stereocenters. The first-order valence-corrected chi connectivity index (χ1v) is 9.58. The van der Waals surface area contributed by atoms with Crippen LogP contribution in [0.1, 0.15) is 0 Å². The lowest BCUT2D eigenvalue weighted by atomic mass is 9.95. The average molecular weight is 393 g/mol. The van der Waals surface area contributed by atoms with Gasteiger partial charge in [-0.3, -0.25) is 5.10 Å². The Balaban J connectivity index is 1.57. The molecule has 30 heavy (non-hydrogen) atoms. The van der Waals surface area contributed by atoms with Crippen molar-refractivity contribution in [1.29, 1.82) is 0 Å². The van der Waals surface area contributed by atoms with Crippen molar-refractivity contribution >= 4 is 44.9 Å². The lowest BCUT2D eigenvalue weighted by Gasteiger charge is -2.14. The first kappa shape index (κ1) is 17.8. The number of carbonyl (C=O) groups excluding carboxylic acids is 1. The third kappa shape index (κ3) is 3.10. The molecule has 0 radical (unpaired) electrons. The van der Waals surface area contributed by atoms with Crippen LogP contribution in [0.4, 0.5) is 22.0 Å². The highest BCUT2D eigenvalue weighted by molar-refractivity contribution is 6.13. The van der Waals surface area contributed by atoms with Gasteiger partial charge in [-0.1, -0.05) is 60.7 Å². The first-order valence-electron chi connectivity index (χ1n) is 9.58. The number of nitrogens with two attached hydrogens (primary N) is 1. The van der Waals surface area contributed by atoms with Gasteiger partial charge in [-0.25, -0.2) is 4.79 Å². The van der Waals surface area contributed by atoms with Crippen molar-refractivity contribution in [2.75, 3.05) is 16.4 Å². The van der Waals surface area contributed by atoms with Crippen LogP contribution in [0.3, 0.4) is 0 Å². The van der Waals surface area contributed by atoms with Crippen molar-refractivity contribution < 1.29 is 4.79 Å². The number of hydrogen-bond donors (Lipinski definition) is 4. The summed E-state index contributed by atoms with van der Waals surface area (Å²) in [5, 5.41) is 15.8. The number of nitrogens with zero attached hydrogens (tertiary/aromatic N) is 1. The number of amides is 2. The number of fused-ring (bicyclic) bond motifs is 2. The Morgan fingerprint density at radius 1 is 0.767 bits per heavy atom. The third-order valence-electron chi connectivity index (χ3n) is 5.11. The van der Waals surface area contributed by atoms with E-state index in [0.29, 0.717) is 5.82 Å². The Labute approximate surface area is 172 Å². The van der Waals surface area contributed by atoms with Gasteiger partial charge in [0.1, 0.15) is 0 Å². The standard InChI is InChI=1S/C24H19N5O/c25-23-22-19(11-6-12-21(22)28-29-23)17-13-14-20(18-10-5-4-9-16(17)18)27-24(30)26-15-7-2-1-3-8-15/h1-14H,(H3,25,28,29)(H2,26,27,30). The molecule has 6 nitrogen and oxygen atoms in total. The first-order chi connectivity index (χ1) is 14.7. The molecule has 0 fully saturated rings. The molecule has 0 atom stereocenters. The highest BCUT2D eigenvalue weighted by Gasteiger charge is 2.14. The van der Waals surface area contributed by atoms with Gasteiger partial charge < -0.3 is 16.4 Å². The van der Waals surface area contributed by atoms with E-state index >= 15 is 0 Å².